The van der Waals surface area contributed by atoms with Gasteiger partial charge in [-0.25, -0.2) is 13.2 Å². The van der Waals surface area contributed by atoms with Crippen LogP contribution in [0.25, 0.3) is 0 Å². The van der Waals surface area contributed by atoms with Crippen molar-refractivity contribution in [3.8, 4) is 11.5 Å². The van der Waals surface area contributed by atoms with E-state index in [2.05, 4.69) is 0 Å². The average Bonchev–Trinajstić information content (AvgIpc) is 2.94. The van der Waals surface area contributed by atoms with Gasteiger partial charge in [0.2, 0.25) is 0 Å². The monoisotopic (exact) mass is 590 g/mol. The standard InChI is InChI=1S/C22H21O3S.C7H5F3O3S/c1-16-4-6-17(7-5-16)22(23)26(20-12-8-18(24-2)9-13-20)21-14-10-19(25-3)11-15-21;8-7(9,10)5-1-3-6(4-2-5)14(11,12)13/h4-15H,1-3H3;1-4H,(H,11,12,13)/q+1;/p-1. The van der Waals surface area contributed by atoms with Gasteiger partial charge >= 0.3 is 11.3 Å². The van der Waals surface area contributed by atoms with Gasteiger partial charge in [-0.3, -0.25) is 0 Å². The molecule has 0 spiro atoms. The number of carbonyl (C=O) groups excluding carboxylic acids is 1. The summed E-state index contributed by atoms with van der Waals surface area (Å²) in [6.45, 7) is 2.01. The van der Waals surface area contributed by atoms with Crippen LogP contribution >= 0.6 is 0 Å². The van der Waals surface area contributed by atoms with Crippen LogP contribution < -0.4 is 9.47 Å². The molecule has 0 saturated heterocycles. The van der Waals surface area contributed by atoms with Crippen LogP contribution in [0.5, 0.6) is 11.5 Å². The molecule has 0 fully saturated rings. The Labute approximate surface area is 233 Å². The van der Waals surface area contributed by atoms with Crippen molar-refractivity contribution in [2.45, 2.75) is 27.8 Å². The molecule has 40 heavy (non-hydrogen) atoms. The summed E-state index contributed by atoms with van der Waals surface area (Å²) >= 11 is 0. The van der Waals surface area contributed by atoms with E-state index in [0.717, 1.165) is 26.9 Å². The number of halogens is 3. The number of hydrogen-bond donors (Lipinski definition) is 0. The highest BCUT2D eigenvalue weighted by molar-refractivity contribution is 8.11. The molecule has 0 unspecified atom stereocenters. The number of hydrogen-bond acceptors (Lipinski definition) is 6. The zero-order chi connectivity index (χ0) is 29.5. The van der Waals surface area contributed by atoms with Crippen LogP contribution in [0.2, 0.25) is 0 Å². The Balaban J connectivity index is 0.000000267. The number of carbonyl (C=O) groups is 1. The molecule has 4 aromatic carbocycles. The number of methoxy groups -OCH3 is 2. The molecule has 6 nitrogen and oxygen atoms in total. The van der Waals surface area contributed by atoms with E-state index >= 15 is 0 Å². The van der Waals surface area contributed by atoms with Gasteiger partial charge in [-0.15, -0.1) is 0 Å². The second kappa shape index (κ2) is 13.0. The molecule has 210 valence electrons. The molecule has 0 atom stereocenters. The molecule has 0 aromatic heterocycles. The van der Waals surface area contributed by atoms with Gasteiger partial charge in [-0.1, -0.05) is 17.7 Å². The lowest BCUT2D eigenvalue weighted by Gasteiger charge is -2.09. The third-order valence-corrected chi connectivity index (χ3v) is 8.48. The first-order chi connectivity index (χ1) is 18.8. The third-order valence-electron chi connectivity index (χ3n) is 5.53. The second-order valence-electron chi connectivity index (χ2n) is 8.29. The van der Waals surface area contributed by atoms with Gasteiger partial charge in [0.05, 0.1) is 30.2 Å². The molecule has 0 amide bonds. The van der Waals surface area contributed by atoms with Crippen molar-refractivity contribution in [2.24, 2.45) is 0 Å². The Hall–Kier alpha value is -3.80. The lowest BCUT2D eigenvalue weighted by atomic mass is 10.2. The highest BCUT2D eigenvalue weighted by Crippen LogP contribution is 2.31. The largest absolute Gasteiger partial charge is 0.744 e. The summed E-state index contributed by atoms with van der Waals surface area (Å²) in [4.78, 5) is 14.6. The molecule has 0 aliphatic carbocycles. The minimum atomic E-state index is -4.68. The summed E-state index contributed by atoms with van der Waals surface area (Å²) in [5.41, 5.74) is 0.853. The average molecular weight is 591 g/mol. The van der Waals surface area contributed by atoms with Crippen molar-refractivity contribution < 1.29 is 40.4 Å². The van der Waals surface area contributed by atoms with Crippen molar-refractivity contribution in [3.63, 3.8) is 0 Å². The summed E-state index contributed by atoms with van der Waals surface area (Å²) in [7, 11) is -2.14. The Morgan fingerprint density at radius 1 is 0.725 bits per heavy atom. The van der Waals surface area contributed by atoms with Crippen molar-refractivity contribution in [2.75, 3.05) is 14.2 Å². The molecule has 4 aromatic rings. The first-order valence-electron chi connectivity index (χ1n) is 11.6. The van der Waals surface area contributed by atoms with E-state index in [1.165, 1.54) is 0 Å². The summed E-state index contributed by atoms with van der Waals surface area (Å²) in [5, 5.41) is 0.0975. The predicted octanol–water partition coefficient (Wildman–Crippen LogP) is 6.50. The van der Waals surface area contributed by atoms with Crippen LogP contribution in [0.3, 0.4) is 0 Å². The van der Waals surface area contributed by atoms with E-state index in [1.54, 1.807) is 14.2 Å². The van der Waals surface area contributed by atoms with Crippen LogP contribution in [-0.4, -0.2) is 32.3 Å². The van der Waals surface area contributed by atoms with Gasteiger partial charge < -0.3 is 14.0 Å². The predicted molar refractivity (Wildman–Crippen MR) is 145 cm³/mol. The maximum Gasteiger partial charge on any atom is 0.416 e. The number of ether oxygens (including phenoxy) is 2. The van der Waals surface area contributed by atoms with Crippen LogP contribution in [0.1, 0.15) is 21.5 Å². The van der Waals surface area contributed by atoms with Gasteiger partial charge in [-0.05, 0) is 91.9 Å². The molecule has 0 heterocycles. The molecule has 11 heteroatoms. The fourth-order valence-corrected chi connectivity index (χ4v) is 5.75. The van der Waals surface area contributed by atoms with E-state index in [9.17, 15) is 30.9 Å². The third kappa shape index (κ3) is 8.10. The lowest BCUT2D eigenvalue weighted by Crippen LogP contribution is -2.16. The number of alkyl halides is 3. The van der Waals surface area contributed by atoms with E-state index in [-0.39, 0.29) is 5.12 Å². The zero-order valence-electron chi connectivity index (χ0n) is 21.6. The molecule has 4 rings (SSSR count). The lowest BCUT2D eigenvalue weighted by molar-refractivity contribution is -0.137. The van der Waals surface area contributed by atoms with Crippen LogP contribution in [0.4, 0.5) is 13.2 Å². The molecule has 0 radical (unpaired) electrons. The van der Waals surface area contributed by atoms with E-state index < -0.39 is 37.6 Å². The Kier molecular flexibility index (Phi) is 10.0. The highest BCUT2D eigenvalue weighted by Gasteiger charge is 2.36. The molecule has 0 aliphatic heterocycles. The highest BCUT2D eigenvalue weighted by atomic mass is 32.2. The van der Waals surface area contributed by atoms with Gasteiger partial charge in [-0.2, -0.15) is 13.2 Å². The topological polar surface area (TPSA) is 92.7 Å². The van der Waals surface area contributed by atoms with Crippen LogP contribution in [-0.2, 0) is 27.2 Å². The second-order valence-corrected chi connectivity index (χ2v) is 11.6. The van der Waals surface area contributed by atoms with Crippen molar-refractivity contribution in [1.82, 2.24) is 0 Å². The van der Waals surface area contributed by atoms with Gasteiger partial charge in [0, 0.05) is 0 Å². The molecule has 0 bridgehead atoms. The van der Waals surface area contributed by atoms with Crippen molar-refractivity contribution in [1.29, 1.82) is 0 Å². The fourth-order valence-electron chi connectivity index (χ4n) is 3.39. The van der Waals surface area contributed by atoms with Gasteiger partial charge in [0.1, 0.15) is 32.5 Å². The fraction of sp³-hybridized carbons (Fsp3) is 0.138. The van der Waals surface area contributed by atoms with E-state index in [4.69, 9.17) is 9.47 Å². The van der Waals surface area contributed by atoms with Crippen LogP contribution in [0, 0.1) is 6.92 Å². The Morgan fingerprint density at radius 3 is 1.50 bits per heavy atom. The molecular weight excluding hydrogens is 565 g/mol. The number of aryl methyl sites for hydroxylation is 1. The summed E-state index contributed by atoms with van der Waals surface area (Å²) in [6.07, 6.45) is -4.54. The summed E-state index contributed by atoms with van der Waals surface area (Å²) < 4.78 is 77.5. The molecule has 0 N–H and O–H groups in total. The van der Waals surface area contributed by atoms with Gasteiger partial charge in [0.15, 0.2) is 9.79 Å². The SMILES string of the molecule is COc1ccc([S+](C(=O)c2ccc(C)cc2)c2ccc(OC)cc2)cc1.O=S(=O)([O-])c1ccc(C(F)(F)F)cc1. The maximum absolute atomic E-state index is 13.3. The maximum atomic E-state index is 13.3. The Morgan fingerprint density at radius 2 is 1.15 bits per heavy atom. The molecular formula is C29H25F3O6S2. The zero-order valence-corrected chi connectivity index (χ0v) is 23.3. The normalized spacial score (nSPS) is 11.4. The smallest absolute Gasteiger partial charge is 0.416 e. The minimum Gasteiger partial charge on any atom is -0.744 e. The van der Waals surface area contributed by atoms with Crippen LogP contribution in [0.15, 0.2) is 112 Å². The van der Waals surface area contributed by atoms with E-state index in [1.807, 2.05) is 79.7 Å². The number of rotatable bonds is 6. The first kappa shape index (κ1) is 30.7. The number of benzene rings is 4. The summed E-state index contributed by atoms with van der Waals surface area (Å²) in [6, 6.07) is 25.5. The quantitative estimate of drug-likeness (QED) is 0.188. The van der Waals surface area contributed by atoms with Crippen molar-refractivity contribution in [3.05, 3.63) is 114 Å². The summed E-state index contributed by atoms with van der Waals surface area (Å²) in [5.74, 6) is 1.55. The minimum absolute atomic E-state index is 0.0975. The van der Waals surface area contributed by atoms with E-state index in [0.29, 0.717) is 29.8 Å². The first-order valence-corrected chi connectivity index (χ1v) is 14.2. The van der Waals surface area contributed by atoms with Gasteiger partial charge in [0.25, 0.3) is 0 Å². The molecule has 0 aliphatic rings. The van der Waals surface area contributed by atoms with Crippen molar-refractivity contribution >= 4 is 26.1 Å². The molecule has 0 saturated carbocycles. The Bertz CT molecular complexity index is 1470.